The van der Waals surface area contributed by atoms with Crippen LogP contribution in [0.25, 0.3) is 0 Å². The Balaban J connectivity index is 2.03. The number of rotatable bonds is 6. The molecule has 0 aliphatic heterocycles. The van der Waals surface area contributed by atoms with Crippen LogP contribution in [0.3, 0.4) is 0 Å². The van der Waals surface area contributed by atoms with Crippen LogP contribution in [0.15, 0.2) is 6.20 Å². The lowest BCUT2D eigenvalue weighted by molar-refractivity contribution is 0.584. The molecule has 0 radical (unpaired) electrons. The van der Waals surface area contributed by atoms with Gasteiger partial charge in [-0.3, -0.25) is 0 Å². The van der Waals surface area contributed by atoms with E-state index >= 15 is 0 Å². The molecule has 1 heterocycles. The lowest BCUT2D eigenvalue weighted by Crippen LogP contribution is -2.21. The van der Waals surface area contributed by atoms with Crippen molar-refractivity contribution in [2.24, 2.45) is 5.92 Å². The minimum Gasteiger partial charge on any atom is -0.367 e. The van der Waals surface area contributed by atoms with Gasteiger partial charge in [-0.25, -0.2) is 4.98 Å². The molecule has 0 spiro atoms. The van der Waals surface area contributed by atoms with Crippen molar-refractivity contribution in [1.29, 1.82) is 0 Å². The summed E-state index contributed by atoms with van der Waals surface area (Å²) in [5.41, 5.74) is 1.11. The first-order chi connectivity index (χ1) is 8.22. The van der Waals surface area contributed by atoms with E-state index < -0.39 is 0 Å². The van der Waals surface area contributed by atoms with Gasteiger partial charge in [0.15, 0.2) is 0 Å². The Hall–Kier alpha value is -1.32. The third-order valence-corrected chi connectivity index (χ3v) is 3.34. The first-order valence-corrected chi connectivity index (χ1v) is 6.50. The molecule has 17 heavy (non-hydrogen) atoms. The van der Waals surface area contributed by atoms with Crippen LogP contribution in [0, 0.1) is 12.8 Å². The molecule has 0 saturated heterocycles. The van der Waals surface area contributed by atoms with E-state index in [-0.39, 0.29) is 0 Å². The van der Waals surface area contributed by atoms with Gasteiger partial charge in [-0.1, -0.05) is 19.8 Å². The Morgan fingerprint density at radius 1 is 1.47 bits per heavy atom. The van der Waals surface area contributed by atoms with Gasteiger partial charge in [0.1, 0.15) is 5.82 Å². The quantitative estimate of drug-likeness (QED) is 0.794. The molecule has 2 rings (SSSR count). The van der Waals surface area contributed by atoms with E-state index in [2.05, 4.69) is 27.5 Å². The number of nitrogens with zero attached hydrogens (tertiary/aromatic N) is 2. The van der Waals surface area contributed by atoms with E-state index in [1.165, 1.54) is 19.3 Å². The molecule has 4 heteroatoms. The molecule has 1 atom stereocenters. The topological polar surface area (TPSA) is 49.8 Å². The zero-order valence-corrected chi connectivity index (χ0v) is 11.0. The predicted octanol–water partition coefficient (Wildman–Crippen LogP) is 2.82. The summed E-state index contributed by atoms with van der Waals surface area (Å²) in [5.74, 6) is 2.59. The predicted molar refractivity (Wildman–Crippen MR) is 71.4 cm³/mol. The highest BCUT2D eigenvalue weighted by Crippen LogP contribution is 2.34. The fraction of sp³-hybridized carbons (Fsp3) is 0.692. The maximum absolute atomic E-state index is 4.47. The van der Waals surface area contributed by atoms with Gasteiger partial charge >= 0.3 is 0 Å². The highest BCUT2D eigenvalue weighted by molar-refractivity contribution is 5.46. The molecule has 4 nitrogen and oxygen atoms in total. The largest absolute Gasteiger partial charge is 0.367 e. The van der Waals surface area contributed by atoms with Gasteiger partial charge in [-0.15, -0.1) is 0 Å². The second kappa shape index (κ2) is 5.34. The summed E-state index contributed by atoms with van der Waals surface area (Å²) in [4.78, 5) is 8.67. The highest BCUT2D eigenvalue weighted by atomic mass is 15.1. The van der Waals surface area contributed by atoms with Crippen LogP contribution < -0.4 is 10.6 Å². The summed E-state index contributed by atoms with van der Waals surface area (Å²) in [6.45, 7) is 4.28. The van der Waals surface area contributed by atoms with Gasteiger partial charge in [-0.2, -0.15) is 4.98 Å². The number of hydrogen-bond donors (Lipinski definition) is 2. The lowest BCUT2D eigenvalue weighted by Gasteiger charge is -2.18. The van der Waals surface area contributed by atoms with Crippen LogP contribution in [0.1, 0.15) is 38.2 Å². The second-order valence-corrected chi connectivity index (χ2v) is 4.90. The van der Waals surface area contributed by atoms with E-state index in [1.54, 1.807) is 0 Å². The van der Waals surface area contributed by atoms with Crippen molar-refractivity contribution in [2.75, 3.05) is 17.7 Å². The van der Waals surface area contributed by atoms with Crippen LogP contribution in [-0.4, -0.2) is 23.1 Å². The molecule has 1 aromatic rings. The maximum Gasteiger partial charge on any atom is 0.224 e. The van der Waals surface area contributed by atoms with Gasteiger partial charge in [0.05, 0.1) is 0 Å². The first kappa shape index (κ1) is 12.1. The molecule has 1 unspecified atom stereocenters. The van der Waals surface area contributed by atoms with Crippen LogP contribution in [0.2, 0.25) is 0 Å². The van der Waals surface area contributed by atoms with Gasteiger partial charge < -0.3 is 10.6 Å². The fourth-order valence-corrected chi connectivity index (χ4v) is 1.99. The maximum atomic E-state index is 4.47. The molecule has 1 fully saturated rings. The normalized spacial score (nSPS) is 16.6. The molecular weight excluding hydrogens is 212 g/mol. The Kier molecular flexibility index (Phi) is 3.82. The summed E-state index contributed by atoms with van der Waals surface area (Å²) >= 11 is 0. The van der Waals surface area contributed by atoms with Crippen molar-refractivity contribution >= 4 is 11.8 Å². The smallest absolute Gasteiger partial charge is 0.224 e. The van der Waals surface area contributed by atoms with Crippen molar-refractivity contribution in [3.05, 3.63) is 11.8 Å². The van der Waals surface area contributed by atoms with Crippen molar-refractivity contribution < 1.29 is 0 Å². The molecule has 2 N–H and O–H groups in total. The molecule has 1 aliphatic rings. The Bertz CT molecular complexity index is 374. The summed E-state index contributed by atoms with van der Waals surface area (Å²) in [6.07, 6.45) is 7.10. The SMILES string of the molecule is CCC(CC1CC1)Nc1nc(NC)ncc1C. The zero-order valence-electron chi connectivity index (χ0n) is 11.0. The van der Waals surface area contributed by atoms with Crippen molar-refractivity contribution in [1.82, 2.24) is 9.97 Å². The van der Waals surface area contributed by atoms with Gasteiger partial charge in [0, 0.05) is 24.8 Å². The van der Waals surface area contributed by atoms with Gasteiger partial charge in [-0.05, 0) is 25.7 Å². The van der Waals surface area contributed by atoms with Gasteiger partial charge in [0.25, 0.3) is 0 Å². The molecule has 1 saturated carbocycles. The van der Waals surface area contributed by atoms with Crippen LogP contribution in [-0.2, 0) is 0 Å². The molecule has 0 bridgehead atoms. The van der Waals surface area contributed by atoms with E-state index in [1.807, 2.05) is 20.2 Å². The molecule has 1 aromatic heterocycles. The zero-order chi connectivity index (χ0) is 12.3. The Labute approximate surface area is 103 Å². The number of hydrogen-bond acceptors (Lipinski definition) is 4. The molecule has 0 amide bonds. The average Bonchev–Trinajstić information content (AvgIpc) is 3.14. The van der Waals surface area contributed by atoms with E-state index in [9.17, 15) is 0 Å². The van der Waals surface area contributed by atoms with Crippen molar-refractivity contribution in [3.63, 3.8) is 0 Å². The number of anilines is 2. The first-order valence-electron chi connectivity index (χ1n) is 6.50. The summed E-state index contributed by atoms with van der Waals surface area (Å²) < 4.78 is 0. The Morgan fingerprint density at radius 2 is 2.24 bits per heavy atom. The summed E-state index contributed by atoms with van der Waals surface area (Å²) in [6, 6.07) is 0.542. The fourth-order valence-electron chi connectivity index (χ4n) is 1.99. The number of nitrogens with one attached hydrogen (secondary N) is 2. The average molecular weight is 234 g/mol. The third-order valence-electron chi connectivity index (χ3n) is 3.34. The van der Waals surface area contributed by atoms with Crippen LogP contribution in [0.4, 0.5) is 11.8 Å². The number of aryl methyl sites for hydroxylation is 1. The molecule has 94 valence electrons. The van der Waals surface area contributed by atoms with Crippen LogP contribution >= 0.6 is 0 Å². The summed E-state index contributed by atoms with van der Waals surface area (Å²) in [7, 11) is 1.84. The minimum atomic E-state index is 0.542. The molecular formula is C13H22N4. The van der Waals surface area contributed by atoms with Crippen molar-refractivity contribution in [3.8, 4) is 0 Å². The lowest BCUT2D eigenvalue weighted by atomic mass is 10.1. The molecule has 1 aliphatic carbocycles. The van der Waals surface area contributed by atoms with Crippen LogP contribution in [0.5, 0.6) is 0 Å². The Morgan fingerprint density at radius 3 is 2.82 bits per heavy atom. The van der Waals surface area contributed by atoms with Crippen molar-refractivity contribution in [2.45, 2.75) is 45.6 Å². The van der Waals surface area contributed by atoms with E-state index in [0.717, 1.165) is 23.7 Å². The van der Waals surface area contributed by atoms with Gasteiger partial charge in [0.2, 0.25) is 5.95 Å². The monoisotopic (exact) mass is 234 g/mol. The minimum absolute atomic E-state index is 0.542. The van der Waals surface area contributed by atoms with E-state index in [0.29, 0.717) is 12.0 Å². The van der Waals surface area contributed by atoms with E-state index in [4.69, 9.17) is 0 Å². The second-order valence-electron chi connectivity index (χ2n) is 4.90. The summed E-state index contributed by atoms with van der Waals surface area (Å²) in [5, 5.41) is 6.53. The third kappa shape index (κ3) is 3.32. The number of aromatic nitrogens is 2. The molecule has 0 aromatic carbocycles. The standard InChI is InChI=1S/C13H22N4/c1-4-11(7-10-5-6-10)16-12-9(2)8-15-13(14-3)17-12/h8,10-11H,4-7H2,1-3H3,(H2,14,15,16,17). The highest BCUT2D eigenvalue weighted by Gasteiger charge is 2.25.